The Morgan fingerprint density at radius 3 is 2.54 bits per heavy atom. The van der Waals surface area contributed by atoms with Gasteiger partial charge in [-0.15, -0.1) is 0 Å². The number of carbonyl (C=O) groups is 1. The standard InChI is InChI=1S/C19H22N2O3/c1-23-17-8-6-15(7-9-17)19(22)20-14-16-4-2-3-5-18(16)21-10-12-24-13-11-21/h2-9H,10-14H2,1H3,(H,20,22). The molecule has 0 radical (unpaired) electrons. The predicted octanol–water partition coefficient (Wildman–Crippen LogP) is 2.46. The Balaban J connectivity index is 1.66. The van der Waals surface area contributed by atoms with Crippen molar-refractivity contribution in [1.82, 2.24) is 5.32 Å². The van der Waals surface area contributed by atoms with Crippen molar-refractivity contribution in [1.29, 1.82) is 0 Å². The Bertz CT molecular complexity index is 679. The predicted molar refractivity (Wildman–Crippen MR) is 93.6 cm³/mol. The molecule has 1 amide bonds. The number of rotatable bonds is 5. The molecular weight excluding hydrogens is 304 g/mol. The fourth-order valence-corrected chi connectivity index (χ4v) is 2.79. The molecule has 2 aromatic carbocycles. The van der Waals surface area contributed by atoms with Crippen LogP contribution in [0.3, 0.4) is 0 Å². The van der Waals surface area contributed by atoms with Gasteiger partial charge in [-0.1, -0.05) is 18.2 Å². The van der Waals surface area contributed by atoms with E-state index in [0.29, 0.717) is 12.1 Å². The zero-order chi connectivity index (χ0) is 16.8. The van der Waals surface area contributed by atoms with Crippen LogP contribution in [0.1, 0.15) is 15.9 Å². The molecule has 1 heterocycles. The van der Waals surface area contributed by atoms with Crippen molar-refractivity contribution in [3.63, 3.8) is 0 Å². The van der Waals surface area contributed by atoms with E-state index in [4.69, 9.17) is 9.47 Å². The molecule has 0 saturated carbocycles. The van der Waals surface area contributed by atoms with E-state index in [2.05, 4.69) is 22.3 Å². The Hall–Kier alpha value is -2.53. The molecule has 0 aliphatic carbocycles. The number of hydrogen-bond acceptors (Lipinski definition) is 4. The molecule has 0 unspecified atom stereocenters. The highest BCUT2D eigenvalue weighted by Crippen LogP contribution is 2.21. The van der Waals surface area contributed by atoms with E-state index in [1.807, 2.05) is 12.1 Å². The van der Waals surface area contributed by atoms with E-state index >= 15 is 0 Å². The number of carbonyl (C=O) groups excluding carboxylic acids is 1. The monoisotopic (exact) mass is 326 g/mol. The number of hydrogen-bond donors (Lipinski definition) is 1. The highest BCUT2D eigenvalue weighted by Gasteiger charge is 2.15. The maximum absolute atomic E-state index is 12.3. The number of morpholine rings is 1. The van der Waals surface area contributed by atoms with Crippen LogP contribution >= 0.6 is 0 Å². The largest absolute Gasteiger partial charge is 0.497 e. The molecule has 0 spiro atoms. The normalized spacial score (nSPS) is 14.3. The quantitative estimate of drug-likeness (QED) is 0.917. The molecular formula is C19H22N2O3. The molecule has 0 bridgehead atoms. The van der Waals surface area contributed by atoms with Crippen molar-refractivity contribution in [3.05, 3.63) is 59.7 Å². The number of anilines is 1. The molecule has 1 saturated heterocycles. The maximum Gasteiger partial charge on any atom is 0.251 e. The van der Waals surface area contributed by atoms with E-state index in [-0.39, 0.29) is 5.91 Å². The Morgan fingerprint density at radius 1 is 1.12 bits per heavy atom. The lowest BCUT2D eigenvalue weighted by Crippen LogP contribution is -2.37. The van der Waals surface area contributed by atoms with Gasteiger partial charge < -0.3 is 19.7 Å². The van der Waals surface area contributed by atoms with Crippen LogP contribution in [0.15, 0.2) is 48.5 Å². The van der Waals surface area contributed by atoms with Crippen LogP contribution < -0.4 is 15.0 Å². The molecule has 0 aromatic heterocycles. The third-order valence-electron chi connectivity index (χ3n) is 4.13. The van der Waals surface area contributed by atoms with Gasteiger partial charge in [-0.25, -0.2) is 0 Å². The zero-order valence-electron chi connectivity index (χ0n) is 13.8. The van der Waals surface area contributed by atoms with Crippen LogP contribution in [0.4, 0.5) is 5.69 Å². The minimum absolute atomic E-state index is 0.0885. The molecule has 2 aromatic rings. The molecule has 1 aliphatic rings. The summed E-state index contributed by atoms with van der Waals surface area (Å²) in [5.74, 6) is 0.652. The van der Waals surface area contributed by atoms with Gasteiger partial charge in [0.25, 0.3) is 5.91 Å². The first-order valence-electron chi connectivity index (χ1n) is 8.11. The number of para-hydroxylation sites is 1. The van der Waals surface area contributed by atoms with Gasteiger partial charge in [0.2, 0.25) is 0 Å². The number of nitrogens with zero attached hydrogens (tertiary/aromatic N) is 1. The number of nitrogens with one attached hydrogen (secondary N) is 1. The average molecular weight is 326 g/mol. The van der Waals surface area contributed by atoms with Crippen molar-refractivity contribution < 1.29 is 14.3 Å². The lowest BCUT2D eigenvalue weighted by atomic mass is 10.1. The summed E-state index contributed by atoms with van der Waals surface area (Å²) in [6.07, 6.45) is 0. The van der Waals surface area contributed by atoms with E-state index in [0.717, 1.165) is 43.3 Å². The molecule has 0 atom stereocenters. The van der Waals surface area contributed by atoms with E-state index in [1.54, 1.807) is 31.4 Å². The summed E-state index contributed by atoms with van der Waals surface area (Å²) in [5, 5.41) is 2.99. The highest BCUT2D eigenvalue weighted by atomic mass is 16.5. The first kappa shape index (κ1) is 16.3. The van der Waals surface area contributed by atoms with Gasteiger partial charge in [0.1, 0.15) is 5.75 Å². The van der Waals surface area contributed by atoms with E-state index in [9.17, 15) is 4.79 Å². The van der Waals surface area contributed by atoms with Crippen LogP contribution in [0.5, 0.6) is 5.75 Å². The summed E-state index contributed by atoms with van der Waals surface area (Å²) in [4.78, 5) is 14.6. The van der Waals surface area contributed by atoms with Crippen molar-refractivity contribution in [2.45, 2.75) is 6.54 Å². The summed E-state index contributed by atoms with van der Waals surface area (Å²) in [6, 6.07) is 15.3. The van der Waals surface area contributed by atoms with Gasteiger partial charge in [0.05, 0.1) is 20.3 Å². The third kappa shape index (κ3) is 3.86. The number of methoxy groups -OCH3 is 1. The summed E-state index contributed by atoms with van der Waals surface area (Å²) >= 11 is 0. The van der Waals surface area contributed by atoms with Crippen molar-refractivity contribution in [2.75, 3.05) is 38.3 Å². The van der Waals surface area contributed by atoms with Gasteiger partial charge >= 0.3 is 0 Å². The second-order valence-electron chi connectivity index (χ2n) is 5.64. The first-order chi connectivity index (χ1) is 11.8. The first-order valence-corrected chi connectivity index (χ1v) is 8.11. The lowest BCUT2D eigenvalue weighted by Gasteiger charge is -2.30. The fraction of sp³-hybridized carbons (Fsp3) is 0.316. The van der Waals surface area contributed by atoms with E-state index < -0.39 is 0 Å². The van der Waals surface area contributed by atoms with Crippen LogP contribution in [-0.2, 0) is 11.3 Å². The SMILES string of the molecule is COc1ccc(C(=O)NCc2ccccc2N2CCOCC2)cc1. The molecule has 3 rings (SSSR count). The smallest absolute Gasteiger partial charge is 0.251 e. The average Bonchev–Trinajstić information content (AvgIpc) is 2.67. The topological polar surface area (TPSA) is 50.8 Å². The number of benzene rings is 2. The maximum atomic E-state index is 12.3. The highest BCUT2D eigenvalue weighted by molar-refractivity contribution is 5.94. The van der Waals surface area contributed by atoms with Gasteiger partial charge in [-0.2, -0.15) is 0 Å². The second kappa shape index (κ2) is 7.84. The molecule has 126 valence electrons. The Morgan fingerprint density at radius 2 is 1.83 bits per heavy atom. The van der Waals surface area contributed by atoms with Crippen molar-refractivity contribution in [2.24, 2.45) is 0 Å². The second-order valence-corrected chi connectivity index (χ2v) is 5.64. The fourth-order valence-electron chi connectivity index (χ4n) is 2.79. The molecule has 1 fully saturated rings. The lowest BCUT2D eigenvalue weighted by molar-refractivity contribution is 0.0950. The number of ether oxygens (including phenoxy) is 2. The van der Waals surface area contributed by atoms with Crippen LogP contribution in [0, 0.1) is 0 Å². The minimum Gasteiger partial charge on any atom is -0.497 e. The molecule has 5 heteroatoms. The third-order valence-corrected chi connectivity index (χ3v) is 4.13. The van der Waals surface area contributed by atoms with Crippen molar-refractivity contribution >= 4 is 11.6 Å². The Labute approximate surface area is 142 Å². The Kier molecular flexibility index (Phi) is 5.33. The summed E-state index contributed by atoms with van der Waals surface area (Å²) in [7, 11) is 1.61. The minimum atomic E-state index is -0.0885. The zero-order valence-corrected chi connectivity index (χ0v) is 13.8. The molecule has 24 heavy (non-hydrogen) atoms. The van der Waals surface area contributed by atoms with Crippen molar-refractivity contribution in [3.8, 4) is 5.75 Å². The number of amides is 1. The van der Waals surface area contributed by atoms with Gasteiger partial charge in [-0.3, -0.25) is 4.79 Å². The molecule has 5 nitrogen and oxygen atoms in total. The van der Waals surface area contributed by atoms with Gasteiger partial charge in [0, 0.05) is 30.9 Å². The van der Waals surface area contributed by atoms with E-state index in [1.165, 1.54) is 0 Å². The van der Waals surface area contributed by atoms with Crippen LogP contribution in [0.2, 0.25) is 0 Å². The summed E-state index contributed by atoms with van der Waals surface area (Å²) in [6.45, 7) is 3.74. The molecule has 1 N–H and O–H groups in total. The van der Waals surface area contributed by atoms with Crippen LogP contribution in [-0.4, -0.2) is 39.3 Å². The van der Waals surface area contributed by atoms with Crippen LogP contribution in [0.25, 0.3) is 0 Å². The van der Waals surface area contributed by atoms with Gasteiger partial charge in [0.15, 0.2) is 0 Å². The van der Waals surface area contributed by atoms with Gasteiger partial charge in [-0.05, 0) is 35.9 Å². The molecule has 1 aliphatic heterocycles. The summed E-state index contributed by atoms with van der Waals surface area (Å²) < 4.78 is 10.5. The summed E-state index contributed by atoms with van der Waals surface area (Å²) in [5.41, 5.74) is 2.90.